The number of rotatable bonds is 3. The van der Waals surface area contributed by atoms with Gasteiger partial charge in [0.2, 0.25) is 0 Å². The molecule has 0 spiro atoms. The molecule has 0 N–H and O–H groups in total. The Hall–Kier alpha value is -3.79. The Morgan fingerprint density at radius 1 is 0.848 bits per heavy atom. The second kappa shape index (κ2) is 7.96. The molecular weight excluding hydrogens is 408 g/mol. The first-order valence-corrected chi connectivity index (χ1v) is 11.2. The van der Waals surface area contributed by atoms with Crippen molar-refractivity contribution >= 4 is 17.8 Å². The van der Waals surface area contributed by atoms with Crippen LogP contribution >= 0.6 is 0 Å². The van der Waals surface area contributed by atoms with Gasteiger partial charge in [-0.3, -0.25) is 14.6 Å². The molecule has 2 atom stereocenters. The Bertz CT molecular complexity index is 1400. The molecule has 3 aromatic rings. The molecule has 2 aliphatic rings. The number of hydrogen-bond acceptors (Lipinski definition) is 3. The van der Waals surface area contributed by atoms with Crippen molar-refractivity contribution in [3.05, 3.63) is 112 Å². The Labute approximate surface area is 194 Å². The van der Waals surface area contributed by atoms with Crippen molar-refractivity contribution in [3.8, 4) is 5.69 Å². The third-order valence-electron chi connectivity index (χ3n) is 6.85. The SMILES string of the molecule is Cc1ccc(-n2c(C)cc(C=NC3=C[C@H]4C(=O)c5ccccc5C(=O)[C@H]4C=C3)c2C)cc1C. The second-order valence-electron chi connectivity index (χ2n) is 8.96. The van der Waals surface area contributed by atoms with Crippen molar-refractivity contribution < 1.29 is 9.59 Å². The molecule has 0 unspecified atom stereocenters. The third kappa shape index (κ3) is 3.52. The fourth-order valence-electron chi connectivity index (χ4n) is 4.84. The van der Waals surface area contributed by atoms with E-state index in [2.05, 4.69) is 61.5 Å². The van der Waals surface area contributed by atoms with E-state index >= 15 is 0 Å². The average molecular weight is 435 g/mol. The molecule has 5 rings (SSSR count). The summed E-state index contributed by atoms with van der Waals surface area (Å²) in [7, 11) is 0. The van der Waals surface area contributed by atoms with Crippen LogP contribution in [0.5, 0.6) is 0 Å². The zero-order valence-electron chi connectivity index (χ0n) is 19.3. The summed E-state index contributed by atoms with van der Waals surface area (Å²) in [6.07, 6.45) is 7.35. The Balaban J connectivity index is 1.45. The zero-order chi connectivity index (χ0) is 23.3. The first-order chi connectivity index (χ1) is 15.8. The number of carbonyl (C=O) groups excluding carboxylic acids is 2. The zero-order valence-corrected chi connectivity index (χ0v) is 19.3. The van der Waals surface area contributed by atoms with Crippen LogP contribution in [0.4, 0.5) is 0 Å². The van der Waals surface area contributed by atoms with Crippen LogP contribution in [0.25, 0.3) is 5.69 Å². The number of Topliss-reactive ketones (excluding diaryl/α,β-unsaturated/α-hetero) is 2. The fourth-order valence-corrected chi connectivity index (χ4v) is 4.84. The van der Waals surface area contributed by atoms with Crippen molar-refractivity contribution in [2.45, 2.75) is 27.7 Å². The standard InChI is InChI=1S/C29H26N2O2/c1-17-9-11-23(13-18(17)2)31-19(3)14-21(20(31)4)16-30-22-10-12-26-27(15-22)29(33)25-8-6-5-7-24(25)28(26)32/h5-16,26-27H,1-4H3/t26-,27+/m0/s1. The summed E-state index contributed by atoms with van der Waals surface area (Å²) in [5, 5.41) is 0. The summed E-state index contributed by atoms with van der Waals surface area (Å²) >= 11 is 0. The van der Waals surface area contributed by atoms with E-state index in [0.29, 0.717) is 16.8 Å². The Morgan fingerprint density at radius 3 is 2.24 bits per heavy atom. The molecular formula is C29H26N2O2. The highest BCUT2D eigenvalue weighted by molar-refractivity contribution is 6.17. The molecule has 0 aliphatic heterocycles. The van der Waals surface area contributed by atoms with Crippen LogP contribution in [0.3, 0.4) is 0 Å². The van der Waals surface area contributed by atoms with Crippen molar-refractivity contribution in [1.82, 2.24) is 4.57 Å². The highest BCUT2D eigenvalue weighted by Gasteiger charge is 2.40. The van der Waals surface area contributed by atoms with Gasteiger partial charge in [0.25, 0.3) is 0 Å². The number of nitrogens with zero attached hydrogens (tertiary/aromatic N) is 2. The summed E-state index contributed by atoms with van der Waals surface area (Å²) < 4.78 is 2.23. The predicted octanol–water partition coefficient (Wildman–Crippen LogP) is 5.90. The van der Waals surface area contributed by atoms with Gasteiger partial charge in [0.05, 0.1) is 17.5 Å². The highest BCUT2D eigenvalue weighted by atomic mass is 16.1. The molecule has 0 amide bonds. The minimum Gasteiger partial charge on any atom is -0.318 e. The lowest BCUT2D eigenvalue weighted by atomic mass is 9.72. The molecule has 33 heavy (non-hydrogen) atoms. The number of carbonyl (C=O) groups is 2. The van der Waals surface area contributed by atoms with Gasteiger partial charge >= 0.3 is 0 Å². The van der Waals surface area contributed by atoms with E-state index in [1.54, 1.807) is 24.3 Å². The fraction of sp³-hybridized carbons (Fsp3) is 0.207. The van der Waals surface area contributed by atoms with Gasteiger partial charge in [0.1, 0.15) is 0 Å². The molecule has 0 saturated carbocycles. The van der Waals surface area contributed by atoms with Gasteiger partial charge < -0.3 is 4.57 Å². The van der Waals surface area contributed by atoms with Crippen molar-refractivity contribution in [1.29, 1.82) is 0 Å². The highest BCUT2D eigenvalue weighted by Crippen LogP contribution is 2.35. The van der Waals surface area contributed by atoms with E-state index in [1.807, 2.05) is 24.4 Å². The van der Waals surface area contributed by atoms with Crippen LogP contribution in [-0.2, 0) is 0 Å². The van der Waals surface area contributed by atoms with Crippen LogP contribution in [0.1, 0.15) is 48.8 Å². The van der Waals surface area contributed by atoms with E-state index in [0.717, 1.165) is 22.6 Å². The molecule has 0 radical (unpaired) electrons. The normalized spacial score (nSPS) is 19.6. The van der Waals surface area contributed by atoms with E-state index in [4.69, 9.17) is 0 Å². The van der Waals surface area contributed by atoms with Gasteiger partial charge in [-0.15, -0.1) is 0 Å². The van der Waals surface area contributed by atoms with E-state index in [9.17, 15) is 9.59 Å². The average Bonchev–Trinajstić information content (AvgIpc) is 3.10. The predicted molar refractivity (Wildman–Crippen MR) is 132 cm³/mol. The molecule has 1 aromatic heterocycles. The Morgan fingerprint density at radius 2 is 1.55 bits per heavy atom. The maximum atomic E-state index is 13.0. The second-order valence-corrected chi connectivity index (χ2v) is 8.96. The quantitative estimate of drug-likeness (QED) is 0.482. The number of fused-ring (bicyclic) bond motifs is 2. The van der Waals surface area contributed by atoms with Crippen LogP contribution in [0, 0.1) is 39.5 Å². The number of allylic oxidation sites excluding steroid dienone is 3. The van der Waals surface area contributed by atoms with Gasteiger partial charge in [-0.25, -0.2) is 0 Å². The maximum Gasteiger partial charge on any atom is 0.171 e. The lowest BCUT2D eigenvalue weighted by molar-refractivity contribution is 0.0801. The Kier molecular flexibility index (Phi) is 5.09. The van der Waals surface area contributed by atoms with E-state index < -0.39 is 11.8 Å². The molecule has 164 valence electrons. The summed E-state index contributed by atoms with van der Waals surface area (Å²) in [5.74, 6) is -0.948. The van der Waals surface area contributed by atoms with Gasteiger partial charge in [-0.1, -0.05) is 36.4 Å². The maximum absolute atomic E-state index is 13.0. The number of hydrogen-bond donors (Lipinski definition) is 0. The van der Waals surface area contributed by atoms with Gasteiger partial charge in [0.15, 0.2) is 11.6 Å². The van der Waals surface area contributed by atoms with Crippen LogP contribution in [-0.4, -0.2) is 22.3 Å². The van der Waals surface area contributed by atoms with E-state index in [-0.39, 0.29) is 11.6 Å². The summed E-state index contributed by atoms with van der Waals surface area (Å²) in [5.41, 5.74) is 8.67. The number of benzene rings is 2. The minimum atomic E-state index is -0.493. The van der Waals surface area contributed by atoms with Gasteiger partial charge in [0, 0.05) is 40.0 Å². The largest absolute Gasteiger partial charge is 0.318 e. The first kappa shape index (κ1) is 21.1. The number of aliphatic imine (C=N–C) groups is 1. The molecule has 0 fully saturated rings. The van der Waals surface area contributed by atoms with Crippen molar-refractivity contribution in [2.24, 2.45) is 16.8 Å². The molecule has 1 heterocycles. The lowest BCUT2D eigenvalue weighted by Crippen LogP contribution is -2.35. The van der Waals surface area contributed by atoms with Crippen molar-refractivity contribution in [3.63, 3.8) is 0 Å². The minimum absolute atomic E-state index is 0.00247. The van der Waals surface area contributed by atoms with Crippen molar-refractivity contribution in [2.75, 3.05) is 0 Å². The molecule has 2 aromatic carbocycles. The van der Waals surface area contributed by atoms with Gasteiger partial charge in [-0.2, -0.15) is 0 Å². The van der Waals surface area contributed by atoms with Crippen LogP contribution in [0.15, 0.2) is 77.4 Å². The third-order valence-corrected chi connectivity index (χ3v) is 6.85. The number of ketones is 2. The lowest BCUT2D eigenvalue weighted by Gasteiger charge is -2.28. The smallest absolute Gasteiger partial charge is 0.171 e. The molecule has 2 aliphatic carbocycles. The van der Waals surface area contributed by atoms with E-state index in [1.165, 1.54) is 11.1 Å². The van der Waals surface area contributed by atoms with Crippen LogP contribution < -0.4 is 0 Å². The molecule has 0 bridgehead atoms. The van der Waals surface area contributed by atoms with Gasteiger partial charge in [-0.05, 0) is 69.2 Å². The molecule has 4 heteroatoms. The monoisotopic (exact) mass is 434 g/mol. The topological polar surface area (TPSA) is 51.4 Å². The molecule has 4 nitrogen and oxygen atoms in total. The summed E-state index contributed by atoms with van der Waals surface area (Å²) in [6, 6.07) is 15.7. The first-order valence-electron chi connectivity index (χ1n) is 11.2. The molecule has 0 saturated heterocycles. The van der Waals surface area contributed by atoms with Crippen LogP contribution in [0.2, 0.25) is 0 Å². The number of aryl methyl sites for hydroxylation is 3. The summed E-state index contributed by atoms with van der Waals surface area (Å²) in [4.78, 5) is 30.6. The number of aromatic nitrogens is 1. The summed E-state index contributed by atoms with van der Waals surface area (Å²) in [6.45, 7) is 8.42.